The Labute approximate surface area is 685 Å². The van der Waals surface area contributed by atoms with Crippen LogP contribution < -0.4 is 77.5 Å². The quantitative estimate of drug-likeness (QED) is 0.141. The molecule has 0 saturated heterocycles. The molecule has 0 saturated carbocycles. The van der Waals surface area contributed by atoms with Crippen LogP contribution >= 0.6 is 11.6 Å². The van der Waals surface area contributed by atoms with E-state index in [9.17, 15) is 0 Å². The Morgan fingerprint density at radius 3 is 0.763 bits per heavy atom. The van der Waals surface area contributed by atoms with Gasteiger partial charge in [-0.3, -0.25) is 0 Å². The fourth-order valence-corrected chi connectivity index (χ4v) is 29.9. The van der Waals surface area contributed by atoms with E-state index in [0.717, 1.165) is 39.7 Å². The summed E-state index contributed by atoms with van der Waals surface area (Å²) in [6.07, 6.45) is 0. The van der Waals surface area contributed by atoms with Crippen LogP contribution in [0.4, 0.5) is 68.2 Å². The molecule has 4 aliphatic rings. The Bertz CT molecular complexity index is 5670. The average Bonchev–Trinajstić information content (AvgIpc) is 0.659. The molecular weight excluding hydrogens is 1430 g/mol. The highest BCUT2D eigenvalue weighted by molar-refractivity contribution is 7.27. The maximum atomic E-state index is 7.88. The molecule has 0 aromatic heterocycles. The van der Waals surface area contributed by atoms with Crippen LogP contribution in [0.2, 0.25) is 5.02 Å². The monoisotopic (exact) mass is 1530 g/mol. The summed E-state index contributed by atoms with van der Waals surface area (Å²) in [4.78, 5) is 10.00. The number of anilines is 12. The molecular formula is C106H104BClN4Si2. The standard InChI is InChI=1S/C53H51BN2Si.C53H53ClN2Si/c1-34-28-43-49-44(29-34)56(40-26-22-38(23-27-40)53(7,8)9)46-31-36(3)33-48-51(46)54(49)50-45(55(43)39-24-20-37(21-25-39)52(4,5)6)30-35(2)32-47(50)57(48,41-16-12-10-13-17-41)42-18-14-11-15-19-42;1-36-28-43-34-47(30-36)57(45-16-12-10-13-17-45,46-18-14-11-15-19-46)48-31-37(2)29-44(35-48)56(42-26-22-40(23-27-42)53(7,8)9)50-33-38(3)32-49(51(50)54)55(43)41-24-20-39(21-25-41)52(4,5)6/h10-33H,1-9H3;10-35H,1-9H3. The number of nitrogens with zero attached hydrogens (tertiary/aromatic N) is 4. The summed E-state index contributed by atoms with van der Waals surface area (Å²) in [6, 6.07) is 117. The van der Waals surface area contributed by atoms with Crippen molar-refractivity contribution >= 4 is 161 Å². The number of benzene rings is 14. The lowest BCUT2D eigenvalue weighted by atomic mass is 9.33. The van der Waals surface area contributed by atoms with Crippen molar-refractivity contribution in [1.82, 2.24) is 0 Å². The zero-order valence-corrected chi connectivity index (χ0v) is 72.4. The molecule has 4 aliphatic heterocycles. The van der Waals surface area contributed by atoms with E-state index in [1.807, 2.05) is 0 Å². The summed E-state index contributed by atoms with van der Waals surface area (Å²) >= 11 is 7.88. The van der Waals surface area contributed by atoms with Gasteiger partial charge in [0.2, 0.25) is 0 Å². The lowest BCUT2D eigenvalue weighted by Gasteiger charge is -2.52. The van der Waals surface area contributed by atoms with E-state index in [-0.39, 0.29) is 28.4 Å². The molecule has 14 aromatic rings. The SMILES string of the molecule is Cc1cc2c3c(c1)N(c1ccc(C(C)(C)C)cc1)c1cc(C)cc4c1B3c1c(cc(C)cc1[Si]4(c1ccccc1)c1ccccc1)N2c1ccc(C(C)(C)C)cc1.Cc1cc2cc(c1)[Si](c1ccccc1)(c1ccccc1)c1cc(C)cc(c1)N(c1ccc(C(C)(C)C)cc1)c1cc(C)cc(c1Cl)N2c1ccc(C(C)(C)C)cc1. The van der Waals surface area contributed by atoms with Crippen molar-refractivity contribution in [3.63, 3.8) is 0 Å². The molecule has 18 rings (SSSR count). The molecule has 8 heteroatoms. The highest BCUT2D eigenvalue weighted by Crippen LogP contribution is 2.51. The smallest absolute Gasteiger partial charge is 0.251 e. The second-order valence-electron chi connectivity index (χ2n) is 36.9. The van der Waals surface area contributed by atoms with Crippen molar-refractivity contribution in [2.75, 3.05) is 19.6 Å². The van der Waals surface area contributed by atoms with Crippen LogP contribution in [-0.2, 0) is 21.7 Å². The van der Waals surface area contributed by atoms with Crippen LogP contribution in [0.1, 0.15) is 139 Å². The number of rotatable bonds is 8. The van der Waals surface area contributed by atoms with E-state index < -0.39 is 16.1 Å². The predicted octanol–water partition coefficient (Wildman–Crippen LogP) is 21.5. The van der Waals surface area contributed by atoms with Crippen LogP contribution in [0.3, 0.4) is 0 Å². The summed E-state index contributed by atoms with van der Waals surface area (Å²) in [5.41, 5.74) is 31.0. The summed E-state index contributed by atoms with van der Waals surface area (Å²) in [5, 5.41) is 11.9. The van der Waals surface area contributed by atoms with Crippen LogP contribution in [-0.4, -0.2) is 22.9 Å². The van der Waals surface area contributed by atoms with Gasteiger partial charge in [-0.25, -0.2) is 0 Å². The first-order chi connectivity index (χ1) is 54.4. The Kier molecular flexibility index (Phi) is 18.8. The number of aryl methyl sites for hydroxylation is 6. The second-order valence-corrected chi connectivity index (χ2v) is 44.8. The Morgan fingerprint density at radius 1 is 0.228 bits per heavy atom. The second kappa shape index (κ2) is 28.3. The van der Waals surface area contributed by atoms with Crippen molar-refractivity contribution in [2.45, 2.75) is 146 Å². The fraction of sp³-hybridized carbons (Fsp3) is 0.208. The van der Waals surface area contributed by atoms with E-state index in [2.05, 4.69) is 448 Å². The van der Waals surface area contributed by atoms with Crippen molar-refractivity contribution in [3.8, 4) is 0 Å². The molecule has 4 heterocycles. The molecule has 0 aliphatic carbocycles. The lowest BCUT2D eigenvalue weighted by Crippen LogP contribution is -2.88. The molecule has 0 radical (unpaired) electrons. The van der Waals surface area contributed by atoms with Crippen LogP contribution in [0.15, 0.2) is 303 Å². The van der Waals surface area contributed by atoms with E-state index >= 15 is 0 Å². The molecule has 0 atom stereocenters. The number of hydrogen-bond donors (Lipinski definition) is 0. The van der Waals surface area contributed by atoms with Gasteiger partial charge in [0, 0.05) is 56.9 Å². The molecule has 0 spiro atoms. The maximum absolute atomic E-state index is 7.88. The Hall–Kier alpha value is -10.9. The topological polar surface area (TPSA) is 13.0 Å². The van der Waals surface area contributed by atoms with Gasteiger partial charge in [0.05, 0.1) is 16.4 Å². The highest BCUT2D eigenvalue weighted by Gasteiger charge is 2.57. The van der Waals surface area contributed by atoms with E-state index in [4.69, 9.17) is 11.6 Å². The zero-order chi connectivity index (χ0) is 79.9. The zero-order valence-electron chi connectivity index (χ0n) is 69.6. The summed E-state index contributed by atoms with van der Waals surface area (Å²) < 4.78 is 0. The van der Waals surface area contributed by atoms with E-state index in [1.165, 1.54) is 142 Å². The minimum atomic E-state index is -2.98. The van der Waals surface area contributed by atoms with E-state index in [1.54, 1.807) is 0 Å². The number of halogens is 1. The first-order valence-corrected chi connectivity index (χ1v) is 45.1. The minimum Gasteiger partial charge on any atom is -0.311 e. The van der Waals surface area contributed by atoms with Crippen molar-refractivity contribution < 1.29 is 0 Å². The maximum Gasteiger partial charge on any atom is 0.251 e. The molecule has 0 unspecified atom stereocenters. The van der Waals surface area contributed by atoms with Crippen molar-refractivity contribution in [2.24, 2.45) is 0 Å². The van der Waals surface area contributed by atoms with Gasteiger partial charge in [-0.1, -0.05) is 289 Å². The molecule has 14 aromatic carbocycles. The van der Waals surface area contributed by atoms with Gasteiger partial charge >= 0.3 is 0 Å². The normalized spacial score (nSPS) is 14.3. The van der Waals surface area contributed by atoms with Gasteiger partial charge in [0.1, 0.15) is 0 Å². The minimum absolute atomic E-state index is 0.0233. The van der Waals surface area contributed by atoms with Gasteiger partial charge in [0.25, 0.3) is 6.71 Å². The summed E-state index contributed by atoms with van der Waals surface area (Å²) in [5.74, 6) is 0. The Morgan fingerprint density at radius 2 is 0.474 bits per heavy atom. The van der Waals surface area contributed by atoms with Crippen molar-refractivity contribution in [1.29, 1.82) is 0 Å². The molecule has 566 valence electrons. The third-order valence-corrected chi connectivity index (χ3v) is 34.4. The summed E-state index contributed by atoms with van der Waals surface area (Å²) in [6.45, 7) is 41.1. The molecule has 6 bridgehead atoms. The molecule has 0 amide bonds. The number of hydrogen-bond acceptors (Lipinski definition) is 4. The molecule has 0 N–H and O–H groups in total. The van der Waals surface area contributed by atoms with Crippen LogP contribution in [0, 0.1) is 41.5 Å². The van der Waals surface area contributed by atoms with Gasteiger partial charge in [-0.05, 0) is 286 Å². The van der Waals surface area contributed by atoms with E-state index in [0.29, 0.717) is 5.02 Å². The first-order valence-electron chi connectivity index (χ1n) is 40.7. The summed E-state index contributed by atoms with van der Waals surface area (Å²) in [7, 11) is -5.89. The number of fused-ring (bicyclic) bond motifs is 6. The third kappa shape index (κ3) is 12.8. The average molecular weight is 1540 g/mol. The highest BCUT2D eigenvalue weighted by atomic mass is 35.5. The van der Waals surface area contributed by atoms with Gasteiger partial charge in [-0.15, -0.1) is 0 Å². The molecule has 0 fully saturated rings. The van der Waals surface area contributed by atoms with Gasteiger partial charge in [0.15, 0.2) is 16.1 Å². The third-order valence-electron chi connectivity index (χ3n) is 24.5. The van der Waals surface area contributed by atoms with Gasteiger partial charge in [-0.2, -0.15) is 0 Å². The molecule has 4 nitrogen and oxygen atoms in total. The van der Waals surface area contributed by atoms with Crippen LogP contribution in [0.25, 0.3) is 0 Å². The largest absolute Gasteiger partial charge is 0.311 e. The Balaban J connectivity index is 0.000000165. The fourth-order valence-electron chi connectivity index (χ4n) is 19.1. The lowest BCUT2D eigenvalue weighted by molar-refractivity contribution is 0.590. The first kappa shape index (κ1) is 75.7. The molecule has 114 heavy (non-hydrogen) atoms. The van der Waals surface area contributed by atoms with Crippen molar-refractivity contribution in [3.05, 3.63) is 364 Å². The van der Waals surface area contributed by atoms with Gasteiger partial charge < -0.3 is 19.6 Å². The predicted molar refractivity (Wildman–Crippen MR) is 499 cm³/mol. The van der Waals surface area contributed by atoms with Crippen LogP contribution in [0.5, 0.6) is 0 Å².